The summed E-state index contributed by atoms with van der Waals surface area (Å²) in [5, 5.41) is 0. The molecule has 51 heavy (non-hydrogen) atoms. The highest BCUT2D eigenvalue weighted by Crippen LogP contribution is 2.38. The number of hydrogen-bond donors (Lipinski definition) is 0. The van der Waals surface area contributed by atoms with Crippen LogP contribution in [0.2, 0.25) is 0 Å². The van der Waals surface area contributed by atoms with Crippen molar-refractivity contribution in [3.8, 4) is 28.1 Å². The second-order valence-electron chi connectivity index (χ2n) is 14.1. The fourth-order valence-corrected chi connectivity index (χ4v) is 7.19. The van der Waals surface area contributed by atoms with Crippen molar-refractivity contribution in [2.24, 2.45) is 11.8 Å². The van der Waals surface area contributed by atoms with Crippen molar-refractivity contribution < 1.29 is 22.3 Å². The van der Waals surface area contributed by atoms with Crippen LogP contribution in [-0.2, 0) is 13.1 Å². The van der Waals surface area contributed by atoms with Gasteiger partial charge in [0.05, 0.1) is 29.2 Å². The van der Waals surface area contributed by atoms with Crippen molar-refractivity contribution in [1.29, 1.82) is 0 Å². The number of aromatic nitrogens is 6. The van der Waals surface area contributed by atoms with E-state index in [0.29, 0.717) is 37.5 Å². The lowest BCUT2D eigenvalue weighted by Crippen LogP contribution is -2.26. The first-order valence-corrected chi connectivity index (χ1v) is 17.6. The lowest BCUT2D eigenvalue weighted by molar-refractivity contribution is -0.0477. The van der Waals surface area contributed by atoms with Crippen LogP contribution in [0.4, 0.5) is 17.6 Å². The van der Waals surface area contributed by atoms with Gasteiger partial charge in [0.25, 0.3) is 0 Å². The molecule has 0 aliphatic heterocycles. The van der Waals surface area contributed by atoms with Gasteiger partial charge in [-0.05, 0) is 80.8 Å². The van der Waals surface area contributed by atoms with Gasteiger partial charge in [-0.1, -0.05) is 6.07 Å². The largest absolute Gasteiger partial charge is 0.481 e. The maximum Gasteiger partial charge on any atom is 0.248 e. The zero-order chi connectivity index (χ0) is 35.6. The Labute approximate surface area is 294 Å². The summed E-state index contributed by atoms with van der Waals surface area (Å²) in [6, 6.07) is 16.0. The molecule has 7 nitrogen and oxygen atoms in total. The number of fused-ring (bicyclic) bond motifs is 2. The Hall–Kier alpha value is -4.80. The third-order valence-corrected chi connectivity index (χ3v) is 10.3. The number of aryl methyl sites for hydroxylation is 1. The smallest absolute Gasteiger partial charge is 0.248 e. The third kappa shape index (κ3) is 8.24. The molecule has 0 atom stereocenters. The van der Waals surface area contributed by atoms with Crippen molar-refractivity contribution >= 4 is 22.1 Å². The summed E-state index contributed by atoms with van der Waals surface area (Å²) in [5.41, 5.74) is 8.90. The van der Waals surface area contributed by atoms with E-state index in [-0.39, 0.29) is 31.6 Å². The normalized spacial score (nSPS) is 17.7. The van der Waals surface area contributed by atoms with Gasteiger partial charge < -0.3 is 13.9 Å². The van der Waals surface area contributed by atoms with Gasteiger partial charge in [-0.15, -0.1) is 0 Å². The summed E-state index contributed by atoms with van der Waals surface area (Å²) >= 11 is 0. The van der Waals surface area contributed by atoms with Crippen LogP contribution in [0.1, 0.15) is 57.1 Å². The number of rotatable bonds is 7. The predicted molar refractivity (Wildman–Crippen MR) is 191 cm³/mol. The van der Waals surface area contributed by atoms with E-state index >= 15 is 0 Å². The maximum atomic E-state index is 13.4. The topological polar surface area (TPSA) is 70.7 Å². The Morgan fingerprint density at radius 2 is 1.06 bits per heavy atom. The molecule has 0 bridgehead atoms. The van der Waals surface area contributed by atoms with E-state index < -0.39 is 11.8 Å². The van der Waals surface area contributed by atoms with Crippen molar-refractivity contribution in [3.05, 3.63) is 91.4 Å². The second-order valence-corrected chi connectivity index (χ2v) is 14.1. The number of pyridine rings is 4. The number of methoxy groups -OCH3 is 1. The zero-order valence-electron chi connectivity index (χ0n) is 28.9. The van der Waals surface area contributed by atoms with Crippen molar-refractivity contribution in [2.75, 3.05) is 7.11 Å². The van der Waals surface area contributed by atoms with Gasteiger partial charge in [0, 0.05) is 110 Å². The van der Waals surface area contributed by atoms with E-state index in [0.717, 1.165) is 63.1 Å². The standard InChI is InChI=1S/C20H21F2N3O.C20H21F2N3/c1-26-19-3-2-15(11-24-19)16-10-18-17(23-12-16)6-9-25(18)13-14-4-7-20(21,22)8-5-14;1-14-2-3-16(11-23-14)17-10-19-18(24-12-17)6-9-25(19)13-15-4-7-20(21,22)8-5-15/h2-3,6,9-12,14H,4-5,7-8,13H2,1H3;2-3,6,9-12,15H,4-5,7-8,13H2,1H3. The molecule has 266 valence electrons. The van der Waals surface area contributed by atoms with Gasteiger partial charge >= 0.3 is 0 Å². The highest BCUT2D eigenvalue weighted by Gasteiger charge is 2.36. The van der Waals surface area contributed by atoms with Gasteiger partial charge in [-0.2, -0.15) is 0 Å². The summed E-state index contributed by atoms with van der Waals surface area (Å²) < 4.78 is 62.8. The zero-order valence-corrected chi connectivity index (χ0v) is 28.9. The Balaban J connectivity index is 0.000000159. The van der Waals surface area contributed by atoms with Gasteiger partial charge in [0.15, 0.2) is 0 Å². The highest BCUT2D eigenvalue weighted by molar-refractivity contribution is 5.82. The summed E-state index contributed by atoms with van der Waals surface area (Å²) in [6.07, 6.45) is 13.7. The average molecular weight is 699 g/mol. The van der Waals surface area contributed by atoms with E-state index in [9.17, 15) is 17.6 Å². The molecular formula is C40H42F4N6O. The summed E-state index contributed by atoms with van der Waals surface area (Å²) in [4.78, 5) is 17.7. The molecule has 0 amide bonds. The molecule has 2 fully saturated rings. The average Bonchev–Trinajstić information content (AvgIpc) is 3.73. The molecular weight excluding hydrogens is 656 g/mol. The lowest BCUT2D eigenvalue weighted by atomic mass is 9.87. The molecule has 2 saturated carbocycles. The molecule has 0 unspecified atom stereocenters. The molecule has 6 heterocycles. The van der Waals surface area contributed by atoms with E-state index in [4.69, 9.17) is 4.74 Å². The SMILES string of the molecule is COc1ccc(-c2cnc3ccn(CC4CCC(F)(F)CC4)c3c2)cn1.Cc1ccc(-c2cnc3ccn(CC4CCC(F)(F)CC4)c3c2)cn1. The first-order valence-electron chi connectivity index (χ1n) is 17.6. The van der Waals surface area contributed by atoms with Crippen LogP contribution in [0.15, 0.2) is 85.7 Å². The monoisotopic (exact) mass is 698 g/mol. The van der Waals surface area contributed by atoms with Gasteiger partial charge in [-0.25, -0.2) is 22.5 Å². The molecule has 0 saturated heterocycles. The number of halogens is 4. The second kappa shape index (κ2) is 14.4. The first-order chi connectivity index (χ1) is 24.5. The van der Waals surface area contributed by atoms with Crippen LogP contribution in [0.5, 0.6) is 5.88 Å². The van der Waals surface area contributed by atoms with E-state index in [2.05, 4.69) is 41.2 Å². The fraction of sp³-hybridized carbons (Fsp3) is 0.400. The molecule has 0 radical (unpaired) electrons. The first kappa shape index (κ1) is 34.6. The van der Waals surface area contributed by atoms with Crippen LogP contribution >= 0.6 is 0 Å². The van der Waals surface area contributed by atoms with Crippen LogP contribution in [0.25, 0.3) is 44.3 Å². The predicted octanol–water partition coefficient (Wildman–Crippen LogP) is 10.2. The Morgan fingerprint density at radius 3 is 1.47 bits per heavy atom. The van der Waals surface area contributed by atoms with E-state index in [1.165, 1.54) is 0 Å². The maximum absolute atomic E-state index is 13.4. The van der Waals surface area contributed by atoms with E-state index in [1.54, 1.807) is 13.3 Å². The van der Waals surface area contributed by atoms with Crippen molar-refractivity contribution in [2.45, 2.75) is 83.2 Å². The van der Waals surface area contributed by atoms with E-state index in [1.807, 2.05) is 74.3 Å². The highest BCUT2D eigenvalue weighted by atomic mass is 19.3. The van der Waals surface area contributed by atoms with Crippen molar-refractivity contribution in [3.63, 3.8) is 0 Å². The molecule has 0 aromatic carbocycles. The number of ether oxygens (including phenoxy) is 1. The van der Waals surface area contributed by atoms with Gasteiger partial charge in [-0.3, -0.25) is 15.0 Å². The Morgan fingerprint density at radius 1 is 0.608 bits per heavy atom. The molecule has 0 N–H and O–H groups in total. The Bertz CT molecular complexity index is 2070. The number of nitrogens with zero attached hydrogens (tertiary/aromatic N) is 6. The number of alkyl halides is 4. The van der Waals surface area contributed by atoms with Crippen LogP contribution < -0.4 is 4.74 Å². The molecule has 2 aliphatic carbocycles. The lowest BCUT2D eigenvalue weighted by Gasteiger charge is -2.28. The number of hydrogen-bond acceptors (Lipinski definition) is 5. The molecule has 2 aliphatic rings. The van der Waals surface area contributed by atoms with Crippen molar-refractivity contribution in [1.82, 2.24) is 29.1 Å². The molecule has 0 spiro atoms. The summed E-state index contributed by atoms with van der Waals surface area (Å²) in [5.74, 6) is -3.79. The van der Waals surface area contributed by atoms with Gasteiger partial charge in [0.2, 0.25) is 17.7 Å². The quantitative estimate of drug-likeness (QED) is 0.155. The minimum Gasteiger partial charge on any atom is -0.481 e. The minimum atomic E-state index is -2.48. The van der Waals surface area contributed by atoms with Crippen LogP contribution in [0.3, 0.4) is 0 Å². The molecule has 6 aromatic heterocycles. The third-order valence-electron chi connectivity index (χ3n) is 10.3. The van der Waals surface area contributed by atoms with Gasteiger partial charge in [0.1, 0.15) is 0 Å². The molecule has 8 rings (SSSR count). The van der Waals surface area contributed by atoms with Crippen LogP contribution in [-0.4, -0.2) is 48.0 Å². The van der Waals surface area contributed by atoms with Crippen LogP contribution in [0, 0.1) is 18.8 Å². The Kier molecular flexibility index (Phi) is 9.81. The fourth-order valence-electron chi connectivity index (χ4n) is 7.19. The molecule has 11 heteroatoms. The minimum absolute atomic E-state index is 0.00210. The summed E-state index contributed by atoms with van der Waals surface area (Å²) in [6.45, 7) is 3.49. The molecule has 6 aromatic rings. The summed E-state index contributed by atoms with van der Waals surface area (Å²) in [7, 11) is 1.59.